The number of hydrogen-bond donors (Lipinski definition) is 0. The van der Waals surface area contributed by atoms with Crippen LogP contribution < -0.4 is 0 Å². The molecule has 3 rings (SSSR count). The van der Waals surface area contributed by atoms with Gasteiger partial charge < -0.3 is 4.57 Å². The number of aryl methyl sites for hydroxylation is 1. The van der Waals surface area contributed by atoms with Gasteiger partial charge in [-0.1, -0.05) is 49.7 Å². The van der Waals surface area contributed by atoms with Crippen LogP contribution in [0.3, 0.4) is 0 Å². The maximum Gasteiger partial charge on any atom is 0.0645 e. The molecule has 0 saturated heterocycles. The maximum atomic E-state index is 8.15. The van der Waals surface area contributed by atoms with E-state index in [9.17, 15) is 0 Å². The van der Waals surface area contributed by atoms with Crippen LogP contribution in [0.5, 0.6) is 0 Å². The van der Waals surface area contributed by atoms with Gasteiger partial charge in [0.05, 0.1) is 1.37 Å². The summed E-state index contributed by atoms with van der Waals surface area (Å²) in [6.07, 6.45) is 2.33. The average Bonchev–Trinajstić information content (AvgIpc) is 2.72. The fourth-order valence-corrected chi connectivity index (χ4v) is 2.47. The van der Waals surface area contributed by atoms with Gasteiger partial charge in [0.25, 0.3) is 0 Å². The summed E-state index contributed by atoms with van der Waals surface area (Å²) in [5, 5.41) is 2.46. The Morgan fingerprint density at radius 1 is 1.00 bits per heavy atom. The summed E-state index contributed by atoms with van der Waals surface area (Å²) in [6.45, 7) is 3.20. The first-order valence-electron chi connectivity index (χ1n) is 6.79. The third kappa shape index (κ3) is 1.62. The first-order chi connectivity index (χ1) is 8.83. The lowest BCUT2D eigenvalue weighted by atomic mass is 10.2. The standard InChI is InChI=1S/C16H17N/c1-2-3-12-17-15-10-6-4-8-13(15)14-9-5-7-11-16(14)17/h4-11H,2-3,12H2,1H3/i10D. The van der Waals surface area contributed by atoms with Gasteiger partial charge in [0.2, 0.25) is 0 Å². The minimum atomic E-state index is 0.625. The molecule has 17 heavy (non-hydrogen) atoms. The van der Waals surface area contributed by atoms with Crippen LogP contribution in [0.4, 0.5) is 0 Å². The Kier molecular flexibility index (Phi) is 2.32. The Morgan fingerprint density at radius 3 is 2.53 bits per heavy atom. The number of rotatable bonds is 3. The van der Waals surface area contributed by atoms with Crippen LogP contribution in [-0.4, -0.2) is 4.57 Å². The van der Waals surface area contributed by atoms with E-state index in [0.717, 1.165) is 18.5 Å². The highest BCUT2D eigenvalue weighted by Crippen LogP contribution is 2.28. The molecule has 1 heterocycles. The number of aromatic nitrogens is 1. The molecular formula is C16H17N. The molecule has 0 radical (unpaired) electrons. The highest BCUT2D eigenvalue weighted by atomic mass is 15.0. The first kappa shape index (κ1) is 9.29. The minimum absolute atomic E-state index is 0.625. The van der Waals surface area contributed by atoms with E-state index >= 15 is 0 Å². The van der Waals surface area contributed by atoms with Crippen molar-refractivity contribution in [1.29, 1.82) is 0 Å². The average molecular weight is 224 g/mol. The summed E-state index contributed by atoms with van der Waals surface area (Å²) >= 11 is 0. The topological polar surface area (TPSA) is 4.93 Å². The molecule has 1 aromatic heterocycles. The van der Waals surface area contributed by atoms with Crippen molar-refractivity contribution in [1.82, 2.24) is 4.57 Å². The predicted molar refractivity (Wildman–Crippen MR) is 74.4 cm³/mol. The third-order valence-electron chi connectivity index (χ3n) is 3.32. The zero-order valence-corrected chi connectivity index (χ0v) is 10.1. The molecule has 2 aromatic carbocycles. The van der Waals surface area contributed by atoms with Crippen molar-refractivity contribution < 1.29 is 1.37 Å². The number of para-hydroxylation sites is 2. The van der Waals surface area contributed by atoms with E-state index in [0.29, 0.717) is 6.04 Å². The molecule has 0 spiro atoms. The van der Waals surface area contributed by atoms with Crippen LogP contribution in [0, 0.1) is 0 Å². The molecule has 0 aliphatic rings. The largest absolute Gasteiger partial charge is 0.340 e. The van der Waals surface area contributed by atoms with Gasteiger partial charge in [-0.3, -0.25) is 0 Å². The summed E-state index contributed by atoms with van der Waals surface area (Å²) in [4.78, 5) is 0. The van der Waals surface area contributed by atoms with Gasteiger partial charge in [0.1, 0.15) is 0 Å². The van der Waals surface area contributed by atoms with Crippen molar-refractivity contribution in [2.75, 3.05) is 0 Å². The van der Waals surface area contributed by atoms with E-state index in [2.05, 4.69) is 41.8 Å². The SMILES string of the molecule is [2H]c1cccc2c3ccccc3n(CCCC)c12. The smallest absolute Gasteiger partial charge is 0.0645 e. The molecule has 0 saturated carbocycles. The zero-order chi connectivity index (χ0) is 12.5. The maximum absolute atomic E-state index is 8.15. The van der Waals surface area contributed by atoms with Crippen molar-refractivity contribution in [2.45, 2.75) is 26.3 Å². The van der Waals surface area contributed by atoms with Gasteiger partial charge >= 0.3 is 0 Å². The molecule has 0 fully saturated rings. The van der Waals surface area contributed by atoms with Gasteiger partial charge in [0, 0.05) is 28.4 Å². The summed E-state index contributed by atoms with van der Waals surface area (Å²) in [7, 11) is 0. The molecule has 3 aromatic rings. The van der Waals surface area contributed by atoms with E-state index in [4.69, 9.17) is 1.37 Å². The number of fused-ring (bicyclic) bond motifs is 3. The van der Waals surface area contributed by atoms with Gasteiger partial charge in [-0.2, -0.15) is 0 Å². The highest BCUT2D eigenvalue weighted by Gasteiger charge is 2.08. The fraction of sp³-hybridized carbons (Fsp3) is 0.250. The van der Waals surface area contributed by atoms with Crippen LogP contribution in [0.15, 0.2) is 48.5 Å². The summed E-state index contributed by atoms with van der Waals surface area (Å²) in [5.74, 6) is 0. The Labute approximate surface area is 103 Å². The zero-order valence-electron chi connectivity index (χ0n) is 11.1. The number of unbranched alkanes of at least 4 members (excludes halogenated alkanes) is 1. The van der Waals surface area contributed by atoms with E-state index in [1.54, 1.807) is 0 Å². The Balaban J connectivity index is 2.39. The molecular weight excluding hydrogens is 206 g/mol. The Bertz CT molecular complexity index is 697. The molecule has 0 aliphatic carbocycles. The van der Waals surface area contributed by atoms with Crippen LogP contribution >= 0.6 is 0 Å². The van der Waals surface area contributed by atoms with Gasteiger partial charge in [0.15, 0.2) is 0 Å². The summed E-state index contributed by atoms with van der Waals surface area (Å²) < 4.78 is 10.5. The number of benzene rings is 2. The monoisotopic (exact) mass is 224 g/mol. The second-order valence-corrected chi connectivity index (χ2v) is 4.45. The van der Waals surface area contributed by atoms with Crippen molar-refractivity contribution in [3.05, 3.63) is 48.5 Å². The molecule has 0 bridgehead atoms. The Hall–Kier alpha value is -1.76. The summed E-state index contributed by atoms with van der Waals surface area (Å²) in [6, 6.07) is 15.1. The quantitative estimate of drug-likeness (QED) is 0.613. The van der Waals surface area contributed by atoms with Crippen LogP contribution in [-0.2, 0) is 6.54 Å². The first-order valence-corrected chi connectivity index (χ1v) is 6.29. The summed E-state index contributed by atoms with van der Waals surface area (Å²) in [5.41, 5.74) is 2.33. The molecule has 0 N–H and O–H groups in total. The normalized spacial score (nSPS) is 12.2. The predicted octanol–water partition coefficient (Wildman–Crippen LogP) is 4.59. The molecule has 86 valence electrons. The van der Waals surface area contributed by atoms with E-state index < -0.39 is 0 Å². The lowest BCUT2D eigenvalue weighted by Gasteiger charge is -2.05. The second-order valence-electron chi connectivity index (χ2n) is 4.45. The lowest BCUT2D eigenvalue weighted by Crippen LogP contribution is -1.96. The van der Waals surface area contributed by atoms with E-state index in [1.165, 1.54) is 22.7 Å². The fourth-order valence-electron chi connectivity index (χ4n) is 2.47. The van der Waals surface area contributed by atoms with Crippen molar-refractivity contribution in [2.24, 2.45) is 0 Å². The van der Waals surface area contributed by atoms with Crippen LogP contribution in [0.1, 0.15) is 21.1 Å². The van der Waals surface area contributed by atoms with Gasteiger partial charge in [-0.05, 0) is 18.5 Å². The van der Waals surface area contributed by atoms with Crippen molar-refractivity contribution in [3.8, 4) is 0 Å². The minimum Gasteiger partial charge on any atom is -0.340 e. The molecule has 1 heteroatoms. The lowest BCUT2D eigenvalue weighted by molar-refractivity contribution is 0.665. The van der Waals surface area contributed by atoms with Gasteiger partial charge in [-0.15, -0.1) is 0 Å². The van der Waals surface area contributed by atoms with E-state index in [1.807, 2.05) is 12.1 Å². The second kappa shape index (κ2) is 4.25. The number of hydrogen-bond acceptors (Lipinski definition) is 0. The van der Waals surface area contributed by atoms with Crippen molar-refractivity contribution in [3.63, 3.8) is 0 Å². The van der Waals surface area contributed by atoms with Crippen LogP contribution in [0.2, 0.25) is 0 Å². The number of nitrogens with zero attached hydrogens (tertiary/aromatic N) is 1. The van der Waals surface area contributed by atoms with Crippen LogP contribution in [0.25, 0.3) is 21.8 Å². The molecule has 0 aliphatic heterocycles. The molecule has 0 atom stereocenters. The Morgan fingerprint density at radius 2 is 1.71 bits per heavy atom. The third-order valence-corrected chi connectivity index (χ3v) is 3.32. The highest BCUT2D eigenvalue weighted by molar-refractivity contribution is 6.07. The molecule has 0 amide bonds. The molecule has 1 nitrogen and oxygen atoms in total. The van der Waals surface area contributed by atoms with Crippen molar-refractivity contribution >= 4 is 21.8 Å². The molecule has 0 unspecified atom stereocenters. The van der Waals surface area contributed by atoms with Gasteiger partial charge in [-0.25, -0.2) is 0 Å². The van der Waals surface area contributed by atoms with E-state index in [-0.39, 0.29) is 0 Å².